The molecule has 1 aliphatic rings. The lowest BCUT2D eigenvalue weighted by atomic mass is 10.1. The Labute approximate surface area is 99.8 Å². The van der Waals surface area contributed by atoms with Crippen LogP contribution in [0.4, 0.5) is 0 Å². The average Bonchev–Trinajstić information content (AvgIpc) is 2.28. The molecule has 0 fully saturated rings. The first kappa shape index (κ1) is 13.0. The first-order valence-electron chi connectivity index (χ1n) is 6.07. The van der Waals surface area contributed by atoms with E-state index in [0.717, 1.165) is 19.5 Å². The summed E-state index contributed by atoms with van der Waals surface area (Å²) < 4.78 is 0. The van der Waals surface area contributed by atoms with Crippen molar-refractivity contribution in [1.82, 2.24) is 4.90 Å². The summed E-state index contributed by atoms with van der Waals surface area (Å²) in [4.78, 5) is 2.48. The highest BCUT2D eigenvalue weighted by atomic mass is 15.1. The van der Waals surface area contributed by atoms with E-state index in [1.165, 1.54) is 17.6 Å². The van der Waals surface area contributed by atoms with Gasteiger partial charge >= 0.3 is 0 Å². The summed E-state index contributed by atoms with van der Waals surface area (Å²) in [6, 6.07) is 0.612. The lowest BCUT2D eigenvalue weighted by molar-refractivity contribution is 0.226. The van der Waals surface area contributed by atoms with E-state index in [1.54, 1.807) is 0 Å². The fourth-order valence-corrected chi connectivity index (χ4v) is 1.78. The molecule has 1 heterocycles. The van der Waals surface area contributed by atoms with Crippen molar-refractivity contribution in [1.29, 1.82) is 0 Å². The third-order valence-electron chi connectivity index (χ3n) is 3.12. The van der Waals surface area contributed by atoms with Crippen LogP contribution in [0.2, 0.25) is 0 Å². The van der Waals surface area contributed by atoms with E-state index in [9.17, 15) is 0 Å². The lowest BCUT2D eigenvalue weighted by Crippen LogP contribution is -2.35. The van der Waals surface area contributed by atoms with Gasteiger partial charge in [-0.05, 0) is 25.3 Å². The Morgan fingerprint density at radius 3 is 2.50 bits per heavy atom. The minimum Gasteiger partial charge on any atom is -0.296 e. The van der Waals surface area contributed by atoms with Crippen molar-refractivity contribution >= 4 is 0 Å². The zero-order chi connectivity index (χ0) is 12.0. The molecule has 0 N–H and O–H groups in total. The molecule has 0 aromatic heterocycles. The van der Waals surface area contributed by atoms with Gasteiger partial charge in [-0.15, -0.1) is 0 Å². The molecule has 0 aliphatic carbocycles. The zero-order valence-electron chi connectivity index (χ0n) is 10.6. The zero-order valence-corrected chi connectivity index (χ0v) is 10.6. The van der Waals surface area contributed by atoms with Crippen molar-refractivity contribution in [3.05, 3.63) is 48.6 Å². The van der Waals surface area contributed by atoms with Crippen molar-refractivity contribution < 1.29 is 0 Å². The number of hydrogen-bond acceptors (Lipinski definition) is 1. The maximum Gasteiger partial charge on any atom is 0.0230 e. The topological polar surface area (TPSA) is 3.24 Å². The van der Waals surface area contributed by atoms with Crippen LogP contribution in [0, 0.1) is 0 Å². The lowest BCUT2D eigenvalue weighted by Gasteiger charge is -2.29. The fourth-order valence-electron chi connectivity index (χ4n) is 1.78. The molecule has 0 spiro atoms. The summed E-state index contributed by atoms with van der Waals surface area (Å²) in [7, 11) is 0. The van der Waals surface area contributed by atoms with Gasteiger partial charge in [0.1, 0.15) is 0 Å². The van der Waals surface area contributed by atoms with Crippen molar-refractivity contribution in [2.45, 2.75) is 32.7 Å². The molecule has 1 aliphatic heterocycles. The van der Waals surface area contributed by atoms with Crippen molar-refractivity contribution in [2.75, 3.05) is 13.1 Å². The highest BCUT2D eigenvalue weighted by Gasteiger charge is 2.12. The van der Waals surface area contributed by atoms with Gasteiger partial charge in [-0.3, -0.25) is 4.90 Å². The van der Waals surface area contributed by atoms with E-state index in [-0.39, 0.29) is 0 Å². The average molecular weight is 217 g/mol. The van der Waals surface area contributed by atoms with E-state index < -0.39 is 0 Å². The third kappa shape index (κ3) is 4.19. The van der Waals surface area contributed by atoms with Gasteiger partial charge in [-0.1, -0.05) is 50.0 Å². The molecule has 1 atom stereocenters. The standard InChI is InChI=1S/C15H23N/c1-5-15(4)16-11-10-13(2)8-6-7-9-14(3)12-16/h6-9,15H,2-3,5,10-12H2,1,4H3/b8-6-,9-7-. The molecule has 1 unspecified atom stereocenters. The second-order valence-electron chi connectivity index (χ2n) is 4.51. The summed E-state index contributed by atoms with van der Waals surface area (Å²) in [6.07, 6.45) is 10.5. The highest BCUT2D eigenvalue weighted by Crippen LogP contribution is 2.12. The van der Waals surface area contributed by atoms with E-state index in [2.05, 4.69) is 44.1 Å². The van der Waals surface area contributed by atoms with Crippen molar-refractivity contribution in [2.24, 2.45) is 0 Å². The molecule has 16 heavy (non-hydrogen) atoms. The van der Waals surface area contributed by atoms with Gasteiger partial charge in [0.05, 0.1) is 0 Å². The molecule has 1 nitrogen and oxygen atoms in total. The maximum atomic E-state index is 4.09. The molecule has 1 rings (SSSR count). The third-order valence-corrected chi connectivity index (χ3v) is 3.12. The fraction of sp³-hybridized carbons (Fsp3) is 0.467. The Morgan fingerprint density at radius 1 is 1.25 bits per heavy atom. The van der Waals surface area contributed by atoms with Crippen LogP contribution >= 0.6 is 0 Å². The van der Waals surface area contributed by atoms with Crippen LogP contribution in [0.5, 0.6) is 0 Å². The predicted molar refractivity (Wildman–Crippen MR) is 72.5 cm³/mol. The molecule has 0 aromatic rings. The van der Waals surface area contributed by atoms with E-state index in [1.807, 2.05) is 12.2 Å². The number of allylic oxidation sites excluding steroid dienone is 3. The SMILES string of the molecule is C=C1/C=C\C=C/C(=C)CN(C(C)CC)CC1. The minimum atomic E-state index is 0.612. The molecule has 0 aromatic carbocycles. The highest BCUT2D eigenvalue weighted by molar-refractivity contribution is 5.26. The van der Waals surface area contributed by atoms with E-state index in [4.69, 9.17) is 0 Å². The van der Waals surface area contributed by atoms with Crippen LogP contribution in [0.3, 0.4) is 0 Å². The normalized spacial score (nSPS) is 25.1. The maximum absolute atomic E-state index is 4.09. The first-order valence-corrected chi connectivity index (χ1v) is 6.07. The molecular weight excluding hydrogens is 194 g/mol. The largest absolute Gasteiger partial charge is 0.296 e. The van der Waals surface area contributed by atoms with Crippen LogP contribution in [0.1, 0.15) is 26.7 Å². The van der Waals surface area contributed by atoms with Crippen molar-refractivity contribution in [3.63, 3.8) is 0 Å². The van der Waals surface area contributed by atoms with Gasteiger partial charge in [0.2, 0.25) is 0 Å². The van der Waals surface area contributed by atoms with Crippen LogP contribution in [-0.4, -0.2) is 24.0 Å². The van der Waals surface area contributed by atoms with Gasteiger partial charge in [0.15, 0.2) is 0 Å². The second kappa shape index (κ2) is 6.49. The Hall–Kier alpha value is -1.08. The summed E-state index contributed by atoms with van der Waals surface area (Å²) in [5.41, 5.74) is 2.38. The van der Waals surface area contributed by atoms with Gasteiger partial charge in [0, 0.05) is 19.1 Å². The first-order chi connectivity index (χ1) is 7.63. The Kier molecular flexibility index (Phi) is 5.27. The molecule has 0 radical (unpaired) electrons. The van der Waals surface area contributed by atoms with Gasteiger partial charge in [-0.2, -0.15) is 0 Å². The Morgan fingerprint density at radius 2 is 1.88 bits per heavy atom. The Bertz CT molecular complexity index is 309. The number of hydrogen-bond donors (Lipinski definition) is 0. The number of rotatable bonds is 2. The molecule has 0 saturated heterocycles. The summed E-state index contributed by atoms with van der Waals surface area (Å²) in [6.45, 7) is 14.7. The molecular formula is C15H23N. The predicted octanol–water partition coefficient (Wildman–Crippen LogP) is 3.72. The summed E-state index contributed by atoms with van der Waals surface area (Å²) in [5, 5.41) is 0. The van der Waals surface area contributed by atoms with Gasteiger partial charge in [-0.25, -0.2) is 0 Å². The van der Waals surface area contributed by atoms with Crippen LogP contribution < -0.4 is 0 Å². The Balaban J connectivity index is 2.74. The monoisotopic (exact) mass is 217 g/mol. The van der Waals surface area contributed by atoms with E-state index in [0.29, 0.717) is 6.04 Å². The summed E-state index contributed by atoms with van der Waals surface area (Å²) >= 11 is 0. The van der Waals surface area contributed by atoms with Gasteiger partial charge in [0.25, 0.3) is 0 Å². The molecule has 0 bridgehead atoms. The quantitative estimate of drug-likeness (QED) is 0.681. The summed E-state index contributed by atoms with van der Waals surface area (Å²) in [5.74, 6) is 0. The molecule has 88 valence electrons. The second-order valence-corrected chi connectivity index (χ2v) is 4.51. The molecule has 1 heteroatoms. The van der Waals surface area contributed by atoms with E-state index >= 15 is 0 Å². The van der Waals surface area contributed by atoms with Crippen LogP contribution in [-0.2, 0) is 0 Å². The smallest absolute Gasteiger partial charge is 0.0230 e. The van der Waals surface area contributed by atoms with Crippen molar-refractivity contribution in [3.8, 4) is 0 Å². The minimum absolute atomic E-state index is 0.612. The van der Waals surface area contributed by atoms with Crippen LogP contribution in [0.25, 0.3) is 0 Å². The van der Waals surface area contributed by atoms with Crippen LogP contribution in [0.15, 0.2) is 48.6 Å². The molecule has 0 saturated carbocycles. The molecule has 0 amide bonds. The van der Waals surface area contributed by atoms with Gasteiger partial charge < -0.3 is 0 Å². The number of nitrogens with zero attached hydrogens (tertiary/aromatic N) is 1.